The number of carbonyl (C=O) groups excluding carboxylic acids is 1. The summed E-state index contributed by atoms with van der Waals surface area (Å²) in [4.78, 5) is 20.5. The minimum Gasteiger partial charge on any atom is -0.495 e. The molecule has 3 aliphatic rings. The molecule has 2 saturated heterocycles. The summed E-state index contributed by atoms with van der Waals surface area (Å²) in [6.45, 7) is 12.6. The van der Waals surface area contributed by atoms with Gasteiger partial charge in [0.1, 0.15) is 11.4 Å². The highest BCUT2D eigenvalue weighted by atomic mass is 16.5. The summed E-state index contributed by atoms with van der Waals surface area (Å²) in [5.74, 6) is 1.00. The van der Waals surface area contributed by atoms with Crippen LogP contribution in [0.4, 0.5) is 11.4 Å². The van der Waals surface area contributed by atoms with Gasteiger partial charge >= 0.3 is 0 Å². The number of ether oxygens (including phenoxy) is 1. The number of fused-ring (bicyclic) bond motifs is 1. The van der Waals surface area contributed by atoms with Crippen LogP contribution in [-0.4, -0.2) is 91.5 Å². The molecule has 0 spiro atoms. The quantitative estimate of drug-likeness (QED) is 0.480. The summed E-state index contributed by atoms with van der Waals surface area (Å²) in [5, 5.41) is 11.7. The Hall–Kier alpha value is -3.04. The molecule has 212 valence electrons. The number of anilines is 2. The molecule has 0 saturated carbocycles. The fraction of sp³-hybridized carbons (Fsp3) is 0.600. The Kier molecular flexibility index (Phi) is 9.09. The first-order valence-corrected chi connectivity index (χ1v) is 14.7. The average molecular weight is 536 g/mol. The standard InChI is InChI=1S/C30H45N7O2/c1-23(2)37-18-11-25(33-37)26(22-28(38)31-13-19-34-14-4-5-15-34)35-16-7-17-36(21-20-35)30-27(39-3)10-9-24-8-6-12-32-29(24)30/h6,8-11,18,23,26,32H,4-5,7,12-17,19-22H2,1-3H3,(H,31,38). The van der Waals surface area contributed by atoms with Crippen molar-refractivity contribution in [2.75, 3.05) is 76.2 Å². The fourth-order valence-electron chi connectivity index (χ4n) is 6.06. The van der Waals surface area contributed by atoms with Crippen molar-refractivity contribution in [2.24, 2.45) is 0 Å². The van der Waals surface area contributed by atoms with E-state index in [1.807, 2.05) is 10.9 Å². The molecule has 0 radical (unpaired) electrons. The van der Waals surface area contributed by atoms with Crippen molar-refractivity contribution in [3.8, 4) is 5.75 Å². The zero-order chi connectivity index (χ0) is 27.2. The number of nitrogens with one attached hydrogen (secondary N) is 2. The number of carbonyl (C=O) groups is 1. The van der Waals surface area contributed by atoms with Crippen LogP contribution in [0.1, 0.15) is 62.9 Å². The molecule has 5 rings (SSSR count). The Balaban J connectivity index is 1.30. The molecule has 0 aliphatic carbocycles. The van der Waals surface area contributed by atoms with Crippen molar-refractivity contribution >= 4 is 23.4 Å². The van der Waals surface area contributed by atoms with Crippen LogP contribution < -0.4 is 20.3 Å². The van der Waals surface area contributed by atoms with Gasteiger partial charge in [-0.3, -0.25) is 14.4 Å². The Morgan fingerprint density at radius 2 is 1.92 bits per heavy atom. The van der Waals surface area contributed by atoms with Crippen molar-refractivity contribution in [1.29, 1.82) is 0 Å². The van der Waals surface area contributed by atoms with Gasteiger partial charge in [0.05, 0.1) is 24.5 Å². The summed E-state index contributed by atoms with van der Waals surface area (Å²) in [7, 11) is 1.75. The number of methoxy groups -OCH3 is 1. The summed E-state index contributed by atoms with van der Waals surface area (Å²) in [5.41, 5.74) is 4.46. The number of aromatic nitrogens is 2. The maximum Gasteiger partial charge on any atom is 0.222 e. The summed E-state index contributed by atoms with van der Waals surface area (Å²) in [6.07, 6.45) is 10.3. The van der Waals surface area contributed by atoms with Crippen LogP contribution in [-0.2, 0) is 4.79 Å². The number of benzene rings is 1. The molecule has 2 fully saturated rings. The van der Waals surface area contributed by atoms with Crippen molar-refractivity contribution in [3.05, 3.63) is 41.7 Å². The van der Waals surface area contributed by atoms with E-state index in [1.54, 1.807) is 7.11 Å². The fourth-order valence-corrected chi connectivity index (χ4v) is 6.06. The van der Waals surface area contributed by atoms with Crippen LogP contribution in [0.25, 0.3) is 6.08 Å². The van der Waals surface area contributed by atoms with E-state index in [0.29, 0.717) is 13.0 Å². The highest BCUT2D eigenvalue weighted by Gasteiger charge is 2.29. The molecule has 1 aromatic carbocycles. The summed E-state index contributed by atoms with van der Waals surface area (Å²) >= 11 is 0. The van der Waals surface area contributed by atoms with Crippen LogP contribution in [0.15, 0.2) is 30.5 Å². The number of hydrogen-bond acceptors (Lipinski definition) is 7. The van der Waals surface area contributed by atoms with Crippen LogP contribution >= 0.6 is 0 Å². The lowest BCUT2D eigenvalue weighted by atomic mass is 10.1. The second kappa shape index (κ2) is 12.9. The second-order valence-electron chi connectivity index (χ2n) is 11.2. The lowest BCUT2D eigenvalue weighted by Crippen LogP contribution is -2.38. The lowest BCUT2D eigenvalue weighted by molar-refractivity contribution is -0.122. The molecule has 4 heterocycles. The van der Waals surface area contributed by atoms with Crippen LogP contribution in [0.3, 0.4) is 0 Å². The van der Waals surface area contributed by atoms with Gasteiger partial charge < -0.3 is 25.2 Å². The first-order chi connectivity index (χ1) is 19.0. The van der Waals surface area contributed by atoms with Gasteiger partial charge in [-0.15, -0.1) is 0 Å². The summed E-state index contributed by atoms with van der Waals surface area (Å²) < 4.78 is 7.81. The zero-order valence-corrected chi connectivity index (χ0v) is 23.9. The van der Waals surface area contributed by atoms with E-state index in [0.717, 1.165) is 81.6 Å². The maximum absolute atomic E-state index is 13.2. The SMILES string of the molecule is COc1ccc2c(c1N1CCCN(C(CC(=O)NCCN3CCCC3)c3ccn(C(C)C)n3)CC1)NCC=C2. The lowest BCUT2D eigenvalue weighted by Gasteiger charge is -2.31. The third-order valence-electron chi connectivity index (χ3n) is 8.20. The van der Waals surface area contributed by atoms with Gasteiger partial charge in [0.2, 0.25) is 5.91 Å². The van der Waals surface area contributed by atoms with Crippen LogP contribution in [0.5, 0.6) is 5.75 Å². The number of likely N-dealkylation sites (tertiary alicyclic amines) is 1. The van der Waals surface area contributed by atoms with E-state index in [1.165, 1.54) is 18.4 Å². The third kappa shape index (κ3) is 6.58. The first kappa shape index (κ1) is 27.5. The molecule has 0 bridgehead atoms. The monoisotopic (exact) mass is 535 g/mol. The van der Waals surface area contributed by atoms with E-state index in [2.05, 4.69) is 69.5 Å². The van der Waals surface area contributed by atoms with Gasteiger partial charge in [-0.2, -0.15) is 5.10 Å². The van der Waals surface area contributed by atoms with E-state index in [4.69, 9.17) is 9.84 Å². The normalized spacial score (nSPS) is 19.0. The highest BCUT2D eigenvalue weighted by molar-refractivity contribution is 5.86. The highest BCUT2D eigenvalue weighted by Crippen LogP contribution is 2.41. The Morgan fingerprint density at radius 3 is 2.69 bits per heavy atom. The van der Waals surface area contributed by atoms with Gasteiger partial charge in [-0.05, 0) is 70.0 Å². The number of amides is 1. The number of hydrogen-bond donors (Lipinski definition) is 2. The second-order valence-corrected chi connectivity index (χ2v) is 11.2. The van der Waals surface area contributed by atoms with Crippen molar-refractivity contribution in [1.82, 2.24) is 24.9 Å². The Bertz CT molecular complexity index is 1140. The van der Waals surface area contributed by atoms with Gasteiger partial charge in [-0.1, -0.05) is 12.2 Å². The molecule has 2 aromatic rings. The van der Waals surface area contributed by atoms with Crippen molar-refractivity contribution < 1.29 is 9.53 Å². The van der Waals surface area contributed by atoms with E-state index in [-0.39, 0.29) is 18.0 Å². The average Bonchev–Trinajstić information content (AvgIpc) is 3.60. The number of rotatable bonds is 10. The Morgan fingerprint density at radius 1 is 1.08 bits per heavy atom. The molecule has 1 atom stereocenters. The minimum atomic E-state index is -0.0515. The molecule has 1 amide bonds. The van der Waals surface area contributed by atoms with Crippen molar-refractivity contribution in [2.45, 2.75) is 51.6 Å². The molecular weight excluding hydrogens is 490 g/mol. The smallest absolute Gasteiger partial charge is 0.222 e. The molecule has 1 unspecified atom stereocenters. The molecule has 39 heavy (non-hydrogen) atoms. The maximum atomic E-state index is 13.2. The molecular formula is C30H45N7O2. The van der Waals surface area contributed by atoms with E-state index < -0.39 is 0 Å². The molecule has 2 N–H and O–H groups in total. The molecule has 9 nitrogen and oxygen atoms in total. The zero-order valence-electron chi connectivity index (χ0n) is 23.9. The predicted octanol–water partition coefficient (Wildman–Crippen LogP) is 3.77. The minimum absolute atomic E-state index is 0.0515. The summed E-state index contributed by atoms with van der Waals surface area (Å²) in [6, 6.07) is 6.52. The van der Waals surface area contributed by atoms with E-state index in [9.17, 15) is 4.79 Å². The third-order valence-corrected chi connectivity index (χ3v) is 8.20. The Labute approximate surface area is 233 Å². The van der Waals surface area contributed by atoms with Crippen molar-refractivity contribution in [3.63, 3.8) is 0 Å². The predicted molar refractivity (Wildman–Crippen MR) is 158 cm³/mol. The topological polar surface area (TPSA) is 77.9 Å². The van der Waals surface area contributed by atoms with Gasteiger partial charge in [0, 0.05) is 64.5 Å². The molecule has 3 aliphatic heterocycles. The number of nitrogens with zero attached hydrogens (tertiary/aromatic N) is 5. The van der Waals surface area contributed by atoms with Gasteiger partial charge in [0.15, 0.2) is 0 Å². The van der Waals surface area contributed by atoms with Gasteiger partial charge in [0.25, 0.3) is 0 Å². The molecule has 9 heteroatoms. The van der Waals surface area contributed by atoms with E-state index >= 15 is 0 Å². The van der Waals surface area contributed by atoms with Crippen LogP contribution in [0.2, 0.25) is 0 Å². The van der Waals surface area contributed by atoms with Crippen LogP contribution in [0, 0.1) is 0 Å². The molecule has 1 aromatic heterocycles. The first-order valence-electron chi connectivity index (χ1n) is 14.7. The van der Waals surface area contributed by atoms with Gasteiger partial charge in [-0.25, -0.2) is 0 Å². The largest absolute Gasteiger partial charge is 0.495 e.